The first-order chi connectivity index (χ1) is 8.09. The summed E-state index contributed by atoms with van der Waals surface area (Å²) in [4.78, 5) is 0. The van der Waals surface area contributed by atoms with Gasteiger partial charge in [-0.25, -0.2) is 4.39 Å². The number of rotatable bonds is 2. The van der Waals surface area contributed by atoms with Crippen LogP contribution in [0.4, 0.5) is 4.39 Å². The van der Waals surface area contributed by atoms with Gasteiger partial charge in [-0.1, -0.05) is 0 Å². The molecule has 17 heavy (non-hydrogen) atoms. The smallest absolute Gasteiger partial charge is 0.140 e. The van der Waals surface area contributed by atoms with Crippen molar-refractivity contribution < 1.29 is 4.39 Å². The molecule has 1 aromatic rings. The number of hydrogen-bond acceptors (Lipinski definition) is 1. The summed E-state index contributed by atoms with van der Waals surface area (Å²) in [7, 11) is 0. The van der Waals surface area contributed by atoms with Gasteiger partial charge >= 0.3 is 0 Å². The third-order valence-corrected chi connectivity index (χ3v) is 4.33. The Kier molecular flexibility index (Phi) is 4.21. The molecular weight excluding hydrogens is 281 g/mol. The Bertz CT molecular complexity index is 385. The summed E-state index contributed by atoms with van der Waals surface area (Å²) in [6, 6.07) is 1.87. The summed E-state index contributed by atoms with van der Waals surface area (Å²) < 4.78 is 14.7. The molecule has 0 radical (unpaired) electrons. The second kappa shape index (κ2) is 5.49. The highest BCUT2D eigenvalue weighted by Gasteiger charge is 2.19. The van der Waals surface area contributed by atoms with E-state index in [9.17, 15) is 4.39 Å². The van der Waals surface area contributed by atoms with Crippen LogP contribution in [0.15, 0.2) is 10.5 Å². The summed E-state index contributed by atoms with van der Waals surface area (Å²) in [6.45, 7) is 6.19. The van der Waals surface area contributed by atoms with Crippen LogP contribution in [0.5, 0.6) is 0 Å². The Hall–Kier alpha value is -0.410. The Morgan fingerprint density at radius 1 is 1.47 bits per heavy atom. The molecule has 3 heteroatoms. The molecule has 0 aromatic heterocycles. The van der Waals surface area contributed by atoms with Crippen molar-refractivity contribution in [1.82, 2.24) is 5.32 Å². The van der Waals surface area contributed by atoms with E-state index in [0.717, 1.165) is 36.2 Å². The van der Waals surface area contributed by atoms with Crippen molar-refractivity contribution in [2.24, 2.45) is 5.92 Å². The summed E-state index contributed by atoms with van der Waals surface area (Å²) >= 11 is 3.31. The predicted molar refractivity (Wildman–Crippen MR) is 72.9 cm³/mol. The third-order valence-electron chi connectivity index (χ3n) is 3.75. The SMILES string of the molecule is Cc1cc(Br)c(F)c(CC2CCCNC2)c1C. The average Bonchev–Trinajstić information content (AvgIpc) is 2.33. The molecule has 94 valence electrons. The molecule has 1 heterocycles. The lowest BCUT2D eigenvalue weighted by Crippen LogP contribution is -2.31. The van der Waals surface area contributed by atoms with Crippen LogP contribution in [0.25, 0.3) is 0 Å². The van der Waals surface area contributed by atoms with Crippen molar-refractivity contribution in [3.8, 4) is 0 Å². The fourth-order valence-electron chi connectivity index (χ4n) is 2.54. The zero-order valence-electron chi connectivity index (χ0n) is 10.4. The van der Waals surface area contributed by atoms with Crippen LogP contribution in [0.2, 0.25) is 0 Å². The topological polar surface area (TPSA) is 12.0 Å². The van der Waals surface area contributed by atoms with E-state index >= 15 is 0 Å². The molecule has 1 aliphatic rings. The van der Waals surface area contributed by atoms with Gasteiger partial charge in [-0.15, -0.1) is 0 Å². The van der Waals surface area contributed by atoms with Gasteiger partial charge in [0.15, 0.2) is 0 Å². The molecule has 1 aliphatic heterocycles. The second-order valence-corrected chi connectivity index (χ2v) is 5.86. The van der Waals surface area contributed by atoms with Crippen LogP contribution in [-0.2, 0) is 6.42 Å². The van der Waals surface area contributed by atoms with Crippen LogP contribution in [-0.4, -0.2) is 13.1 Å². The first kappa shape index (κ1) is 13.0. The number of benzene rings is 1. The van der Waals surface area contributed by atoms with E-state index in [1.807, 2.05) is 19.9 Å². The average molecular weight is 300 g/mol. The molecule has 1 saturated heterocycles. The van der Waals surface area contributed by atoms with Crippen molar-refractivity contribution >= 4 is 15.9 Å². The number of hydrogen-bond donors (Lipinski definition) is 1. The lowest BCUT2D eigenvalue weighted by atomic mass is 9.89. The highest BCUT2D eigenvalue weighted by Crippen LogP contribution is 2.28. The summed E-state index contributed by atoms with van der Waals surface area (Å²) in [5.74, 6) is 0.504. The molecule has 0 spiro atoms. The van der Waals surface area contributed by atoms with Gasteiger partial charge in [-0.3, -0.25) is 0 Å². The normalized spacial score (nSPS) is 20.6. The van der Waals surface area contributed by atoms with Crippen molar-refractivity contribution in [3.05, 3.63) is 33.0 Å². The maximum atomic E-state index is 14.1. The zero-order valence-corrected chi connectivity index (χ0v) is 12.0. The third kappa shape index (κ3) is 2.89. The van der Waals surface area contributed by atoms with E-state index in [0.29, 0.717) is 10.4 Å². The predicted octanol–water partition coefficient (Wildman–Crippen LogP) is 3.75. The van der Waals surface area contributed by atoms with Gasteiger partial charge in [-0.2, -0.15) is 0 Å². The minimum atomic E-state index is -0.0707. The molecule has 1 unspecified atom stereocenters. The van der Waals surface area contributed by atoms with Crippen molar-refractivity contribution in [3.63, 3.8) is 0 Å². The lowest BCUT2D eigenvalue weighted by Gasteiger charge is -2.24. The fraction of sp³-hybridized carbons (Fsp3) is 0.571. The molecule has 1 fully saturated rings. The van der Waals surface area contributed by atoms with Crippen LogP contribution < -0.4 is 5.32 Å². The van der Waals surface area contributed by atoms with Crippen molar-refractivity contribution in [1.29, 1.82) is 0 Å². The zero-order chi connectivity index (χ0) is 12.4. The molecule has 1 aromatic carbocycles. The Labute approximate surface area is 111 Å². The maximum absolute atomic E-state index is 14.1. The molecule has 2 rings (SSSR count). The number of piperidine rings is 1. The van der Waals surface area contributed by atoms with E-state index < -0.39 is 0 Å². The number of aryl methyl sites for hydroxylation is 1. The van der Waals surface area contributed by atoms with E-state index in [-0.39, 0.29) is 5.82 Å². The summed E-state index contributed by atoms with van der Waals surface area (Å²) in [5, 5.41) is 3.39. The first-order valence-electron chi connectivity index (χ1n) is 6.24. The van der Waals surface area contributed by atoms with Gasteiger partial charge in [-0.05, 0) is 90.8 Å². The van der Waals surface area contributed by atoms with Crippen molar-refractivity contribution in [2.75, 3.05) is 13.1 Å². The summed E-state index contributed by atoms with van der Waals surface area (Å²) in [6.07, 6.45) is 3.26. The maximum Gasteiger partial charge on any atom is 0.140 e. The van der Waals surface area contributed by atoms with E-state index in [2.05, 4.69) is 21.2 Å². The fourth-order valence-corrected chi connectivity index (χ4v) is 3.12. The van der Waals surface area contributed by atoms with Gasteiger partial charge in [0.2, 0.25) is 0 Å². The van der Waals surface area contributed by atoms with Gasteiger partial charge in [0.25, 0.3) is 0 Å². The molecule has 1 nitrogen and oxygen atoms in total. The van der Waals surface area contributed by atoms with Crippen LogP contribution in [0.3, 0.4) is 0 Å². The van der Waals surface area contributed by atoms with E-state index in [1.165, 1.54) is 12.8 Å². The van der Waals surface area contributed by atoms with Gasteiger partial charge in [0.1, 0.15) is 5.82 Å². The van der Waals surface area contributed by atoms with Crippen LogP contribution in [0, 0.1) is 25.6 Å². The Morgan fingerprint density at radius 2 is 2.24 bits per heavy atom. The van der Waals surface area contributed by atoms with Gasteiger partial charge in [0.05, 0.1) is 4.47 Å². The minimum absolute atomic E-state index is 0.0707. The highest BCUT2D eigenvalue weighted by molar-refractivity contribution is 9.10. The second-order valence-electron chi connectivity index (χ2n) is 5.01. The number of halogens is 2. The van der Waals surface area contributed by atoms with Crippen molar-refractivity contribution in [2.45, 2.75) is 33.1 Å². The molecule has 0 amide bonds. The number of nitrogens with one attached hydrogen (secondary N) is 1. The van der Waals surface area contributed by atoms with Gasteiger partial charge < -0.3 is 5.32 Å². The van der Waals surface area contributed by atoms with Crippen LogP contribution >= 0.6 is 15.9 Å². The van der Waals surface area contributed by atoms with Gasteiger partial charge in [0, 0.05) is 0 Å². The summed E-state index contributed by atoms with van der Waals surface area (Å²) in [5.41, 5.74) is 3.17. The van der Waals surface area contributed by atoms with E-state index in [4.69, 9.17) is 0 Å². The minimum Gasteiger partial charge on any atom is -0.316 e. The Morgan fingerprint density at radius 3 is 2.88 bits per heavy atom. The molecular formula is C14H19BrFN. The monoisotopic (exact) mass is 299 g/mol. The lowest BCUT2D eigenvalue weighted by molar-refractivity contribution is 0.371. The molecule has 1 N–H and O–H groups in total. The largest absolute Gasteiger partial charge is 0.316 e. The molecule has 1 atom stereocenters. The molecule has 0 aliphatic carbocycles. The highest BCUT2D eigenvalue weighted by atomic mass is 79.9. The quantitative estimate of drug-likeness (QED) is 0.877. The van der Waals surface area contributed by atoms with E-state index in [1.54, 1.807) is 0 Å². The molecule has 0 saturated carbocycles. The van der Waals surface area contributed by atoms with Crippen LogP contribution in [0.1, 0.15) is 29.5 Å². The first-order valence-corrected chi connectivity index (χ1v) is 7.03. The molecule has 0 bridgehead atoms. The Balaban J connectivity index is 2.24. The standard InChI is InChI=1S/C14H19BrFN/c1-9-6-13(15)14(16)12(10(9)2)7-11-4-3-5-17-8-11/h6,11,17H,3-5,7-8H2,1-2H3.